The first kappa shape index (κ1) is 24.8. The minimum Gasteiger partial charge on any atom is -0.507 e. The number of phenolic OH excluding ortho intramolecular Hbond substituents is 1. The Morgan fingerprint density at radius 2 is 1.42 bits per heavy atom. The highest BCUT2D eigenvalue weighted by Gasteiger charge is 2.17. The van der Waals surface area contributed by atoms with Gasteiger partial charge in [0.2, 0.25) is 0 Å². The minimum atomic E-state index is -1.51. The normalized spacial score (nSPS) is 11.6. The van der Waals surface area contributed by atoms with Gasteiger partial charge in [0.25, 0.3) is 0 Å². The topological polar surface area (TPSA) is 96.2 Å². The maximum atomic E-state index is 11.0. The Bertz CT molecular complexity index is 1280. The second-order valence-corrected chi connectivity index (χ2v) is 8.35. The zero-order valence-electron chi connectivity index (χ0n) is 19.7. The lowest BCUT2D eigenvalue weighted by Crippen LogP contribution is -2.21. The Labute approximate surface area is 210 Å². The molecule has 0 saturated heterocycles. The number of aromatic hydroxyl groups is 1. The number of hydrogen-bond donors (Lipinski definition) is 3. The molecule has 0 radical (unpaired) electrons. The van der Waals surface area contributed by atoms with Crippen LogP contribution in [0.25, 0.3) is 22.3 Å². The van der Waals surface area contributed by atoms with Gasteiger partial charge in [-0.25, -0.2) is 4.79 Å². The van der Waals surface area contributed by atoms with Gasteiger partial charge in [0.15, 0.2) is 6.10 Å². The maximum absolute atomic E-state index is 11.0. The van der Waals surface area contributed by atoms with Gasteiger partial charge < -0.3 is 24.8 Å². The molecule has 0 aliphatic heterocycles. The van der Waals surface area contributed by atoms with Crippen LogP contribution in [0.4, 0.5) is 0 Å². The Morgan fingerprint density at radius 1 is 0.750 bits per heavy atom. The number of benzene rings is 4. The highest BCUT2D eigenvalue weighted by Crippen LogP contribution is 2.36. The molecule has 0 fully saturated rings. The first-order valence-electron chi connectivity index (χ1n) is 11.7. The number of phenols is 1. The van der Waals surface area contributed by atoms with Gasteiger partial charge in [-0.1, -0.05) is 66.7 Å². The van der Waals surface area contributed by atoms with E-state index in [9.17, 15) is 15.0 Å². The molecule has 0 unspecified atom stereocenters. The van der Waals surface area contributed by atoms with Crippen molar-refractivity contribution >= 4 is 5.97 Å². The summed E-state index contributed by atoms with van der Waals surface area (Å²) in [5.74, 6) is 0.137. The monoisotopic (exact) mass is 484 g/mol. The van der Waals surface area contributed by atoms with Crippen LogP contribution < -0.4 is 9.47 Å². The Hall–Kier alpha value is -4.29. The van der Waals surface area contributed by atoms with E-state index in [1.165, 1.54) is 0 Å². The number of aliphatic hydroxyl groups is 1. The number of para-hydroxylation sites is 1. The van der Waals surface area contributed by atoms with Gasteiger partial charge in [0.1, 0.15) is 17.2 Å². The molecule has 4 rings (SSSR count). The lowest BCUT2D eigenvalue weighted by molar-refractivity contribution is -0.146. The van der Waals surface area contributed by atoms with E-state index < -0.39 is 12.1 Å². The van der Waals surface area contributed by atoms with Crippen molar-refractivity contribution in [3.05, 3.63) is 103 Å². The van der Waals surface area contributed by atoms with Gasteiger partial charge in [-0.2, -0.15) is 0 Å². The standard InChI is InChI=1S/C30H28O6/c31-27-10-5-4-9-25(27)26-19-21(20-28(32)30(33)34)11-16-29(26)36-18-6-17-35-24-14-12-23(13-15-24)22-7-2-1-3-8-22/h1-5,7-16,19,28,31-32H,6,17-18,20H2,(H,33,34)/t28-/m0/s1. The van der Waals surface area contributed by atoms with Crippen LogP contribution in [-0.4, -0.2) is 40.6 Å². The molecule has 1 atom stereocenters. The molecule has 184 valence electrons. The molecule has 36 heavy (non-hydrogen) atoms. The number of ether oxygens (including phenoxy) is 2. The highest BCUT2D eigenvalue weighted by atomic mass is 16.5. The molecule has 6 nitrogen and oxygen atoms in total. The predicted molar refractivity (Wildman–Crippen MR) is 138 cm³/mol. The number of carboxylic acid groups (broad SMARTS) is 1. The highest BCUT2D eigenvalue weighted by molar-refractivity contribution is 5.77. The van der Waals surface area contributed by atoms with E-state index in [-0.39, 0.29) is 12.2 Å². The summed E-state index contributed by atoms with van der Waals surface area (Å²) in [5, 5.41) is 29.1. The third kappa shape index (κ3) is 6.43. The van der Waals surface area contributed by atoms with Gasteiger partial charge in [0, 0.05) is 24.0 Å². The van der Waals surface area contributed by atoms with Crippen LogP contribution in [0.15, 0.2) is 97.1 Å². The summed E-state index contributed by atoms with van der Waals surface area (Å²) in [6, 6.07) is 30.2. The van der Waals surface area contributed by atoms with Crippen molar-refractivity contribution in [2.24, 2.45) is 0 Å². The first-order valence-corrected chi connectivity index (χ1v) is 11.7. The van der Waals surface area contributed by atoms with Crippen molar-refractivity contribution < 1.29 is 29.6 Å². The third-order valence-electron chi connectivity index (χ3n) is 5.73. The zero-order chi connectivity index (χ0) is 25.3. The molecule has 0 saturated carbocycles. The summed E-state index contributed by atoms with van der Waals surface area (Å²) >= 11 is 0. The number of carbonyl (C=O) groups is 1. The molecular formula is C30H28O6. The molecule has 0 amide bonds. The largest absolute Gasteiger partial charge is 0.507 e. The number of carboxylic acids is 1. The SMILES string of the molecule is O=C(O)[C@@H](O)Cc1ccc(OCCCOc2ccc(-c3ccccc3)cc2)c(-c2ccccc2O)c1. The first-order chi connectivity index (χ1) is 17.5. The van der Waals surface area contributed by atoms with E-state index in [4.69, 9.17) is 14.6 Å². The van der Waals surface area contributed by atoms with Crippen molar-refractivity contribution in [2.45, 2.75) is 18.9 Å². The second kappa shape index (κ2) is 11.9. The third-order valence-corrected chi connectivity index (χ3v) is 5.73. The van der Waals surface area contributed by atoms with Crippen LogP contribution >= 0.6 is 0 Å². The molecule has 4 aromatic carbocycles. The van der Waals surface area contributed by atoms with Gasteiger partial charge in [-0.15, -0.1) is 0 Å². The van der Waals surface area contributed by atoms with E-state index in [0.717, 1.165) is 16.9 Å². The van der Waals surface area contributed by atoms with Crippen molar-refractivity contribution in [1.29, 1.82) is 0 Å². The van der Waals surface area contributed by atoms with E-state index in [1.54, 1.807) is 42.5 Å². The number of rotatable bonds is 11. The van der Waals surface area contributed by atoms with E-state index in [1.807, 2.05) is 42.5 Å². The summed E-state index contributed by atoms with van der Waals surface area (Å²) in [7, 11) is 0. The zero-order valence-corrected chi connectivity index (χ0v) is 19.7. The molecular weight excluding hydrogens is 456 g/mol. The summed E-state index contributed by atoms with van der Waals surface area (Å²) < 4.78 is 11.8. The number of hydrogen-bond acceptors (Lipinski definition) is 5. The molecule has 6 heteroatoms. The van der Waals surface area contributed by atoms with Crippen molar-refractivity contribution in [2.75, 3.05) is 13.2 Å². The Balaban J connectivity index is 1.37. The van der Waals surface area contributed by atoms with Crippen molar-refractivity contribution in [1.82, 2.24) is 0 Å². The molecule has 0 aliphatic carbocycles. The van der Waals surface area contributed by atoms with Gasteiger partial charge in [-0.05, 0) is 47.0 Å². The molecule has 3 N–H and O–H groups in total. The average molecular weight is 485 g/mol. The summed E-state index contributed by atoms with van der Waals surface area (Å²) in [6.45, 7) is 0.860. The number of aliphatic carboxylic acids is 1. The van der Waals surface area contributed by atoms with Crippen LogP contribution in [0.1, 0.15) is 12.0 Å². The van der Waals surface area contributed by atoms with Crippen molar-refractivity contribution in [3.63, 3.8) is 0 Å². The predicted octanol–water partition coefficient (Wildman–Crippen LogP) is 5.56. The lowest BCUT2D eigenvalue weighted by Gasteiger charge is -2.15. The van der Waals surface area contributed by atoms with E-state index in [2.05, 4.69) is 12.1 Å². The van der Waals surface area contributed by atoms with Gasteiger partial charge >= 0.3 is 5.97 Å². The fourth-order valence-corrected chi connectivity index (χ4v) is 3.86. The van der Waals surface area contributed by atoms with Crippen LogP contribution in [0.5, 0.6) is 17.2 Å². The van der Waals surface area contributed by atoms with Gasteiger partial charge in [0.05, 0.1) is 13.2 Å². The molecule has 4 aromatic rings. The average Bonchev–Trinajstić information content (AvgIpc) is 2.90. The minimum absolute atomic E-state index is 0.0485. The molecule has 0 bridgehead atoms. The van der Waals surface area contributed by atoms with Crippen LogP contribution in [0.2, 0.25) is 0 Å². The molecule has 0 spiro atoms. The van der Waals surface area contributed by atoms with Crippen molar-refractivity contribution in [3.8, 4) is 39.5 Å². The van der Waals surface area contributed by atoms with Crippen LogP contribution in [-0.2, 0) is 11.2 Å². The second-order valence-electron chi connectivity index (χ2n) is 8.35. The van der Waals surface area contributed by atoms with E-state index in [0.29, 0.717) is 42.1 Å². The fourth-order valence-electron chi connectivity index (χ4n) is 3.86. The van der Waals surface area contributed by atoms with Gasteiger partial charge in [-0.3, -0.25) is 0 Å². The summed E-state index contributed by atoms with van der Waals surface area (Å²) in [4.78, 5) is 11.0. The maximum Gasteiger partial charge on any atom is 0.332 e. The number of aliphatic hydroxyl groups excluding tert-OH is 1. The molecule has 0 heterocycles. The summed E-state index contributed by atoms with van der Waals surface area (Å²) in [5.41, 5.74) is 4.09. The molecule has 0 aliphatic rings. The smallest absolute Gasteiger partial charge is 0.332 e. The van der Waals surface area contributed by atoms with Crippen LogP contribution in [0.3, 0.4) is 0 Å². The Kier molecular flexibility index (Phi) is 8.21. The lowest BCUT2D eigenvalue weighted by atomic mass is 9.98. The fraction of sp³-hybridized carbons (Fsp3) is 0.167. The quantitative estimate of drug-likeness (QED) is 0.241. The van der Waals surface area contributed by atoms with Crippen LogP contribution in [0, 0.1) is 0 Å². The Morgan fingerprint density at radius 3 is 2.14 bits per heavy atom. The molecule has 0 aromatic heterocycles. The van der Waals surface area contributed by atoms with E-state index >= 15 is 0 Å². The summed E-state index contributed by atoms with van der Waals surface area (Å²) in [6.07, 6.45) is -0.916.